The van der Waals surface area contributed by atoms with Crippen molar-refractivity contribution < 1.29 is 14.3 Å². The molecule has 0 aromatic rings. The summed E-state index contributed by atoms with van der Waals surface area (Å²) in [6.07, 6.45) is 4.62. The van der Waals surface area contributed by atoms with Crippen molar-refractivity contribution in [3.63, 3.8) is 0 Å². The molecule has 0 spiro atoms. The standard InChI is InChI=1S/C16H28N2O3/c1-16(2,3)13(15(20)21-4)17-14(19)11-9-12-7-5-6-8-18(12)10-11/h11-13H,5-10H2,1-4H3,(H,17,19)/t11-,12-,13-/m1/s1. The van der Waals surface area contributed by atoms with Gasteiger partial charge in [0.15, 0.2) is 0 Å². The summed E-state index contributed by atoms with van der Waals surface area (Å²) in [5.41, 5.74) is -0.353. The SMILES string of the molecule is COC(=O)[C@@H](NC(=O)[C@@H]1C[C@H]2CCCCN2C1)C(C)(C)C. The van der Waals surface area contributed by atoms with Gasteiger partial charge in [-0.2, -0.15) is 0 Å². The second-order valence-corrected chi connectivity index (χ2v) is 7.41. The molecule has 2 aliphatic rings. The molecular formula is C16H28N2O3. The van der Waals surface area contributed by atoms with Crippen molar-refractivity contribution in [1.82, 2.24) is 10.2 Å². The predicted molar refractivity (Wildman–Crippen MR) is 80.7 cm³/mol. The molecule has 2 rings (SSSR count). The van der Waals surface area contributed by atoms with Crippen LogP contribution in [0.1, 0.15) is 46.5 Å². The van der Waals surface area contributed by atoms with E-state index in [1.165, 1.54) is 26.4 Å². The Hall–Kier alpha value is -1.10. The molecule has 2 aliphatic heterocycles. The molecule has 0 bridgehead atoms. The van der Waals surface area contributed by atoms with Crippen LogP contribution in [-0.4, -0.2) is 49.1 Å². The highest BCUT2D eigenvalue weighted by molar-refractivity contribution is 5.86. The van der Waals surface area contributed by atoms with Crippen LogP contribution < -0.4 is 5.32 Å². The summed E-state index contributed by atoms with van der Waals surface area (Å²) in [7, 11) is 1.36. The van der Waals surface area contributed by atoms with Crippen LogP contribution >= 0.6 is 0 Å². The minimum absolute atomic E-state index is 0.00241. The first-order chi connectivity index (χ1) is 9.82. The number of nitrogens with zero attached hydrogens (tertiary/aromatic N) is 1. The largest absolute Gasteiger partial charge is 0.467 e. The fourth-order valence-corrected chi connectivity index (χ4v) is 3.45. The summed E-state index contributed by atoms with van der Waals surface area (Å²) in [6.45, 7) is 7.75. The van der Waals surface area contributed by atoms with Gasteiger partial charge in [0.05, 0.1) is 13.0 Å². The number of rotatable bonds is 3. The number of piperidine rings is 1. The van der Waals surface area contributed by atoms with E-state index in [-0.39, 0.29) is 23.2 Å². The van der Waals surface area contributed by atoms with E-state index < -0.39 is 6.04 Å². The Balaban J connectivity index is 1.98. The third-order valence-corrected chi connectivity index (χ3v) is 4.72. The lowest BCUT2D eigenvalue weighted by Gasteiger charge is -2.30. The molecule has 1 N–H and O–H groups in total. The zero-order chi connectivity index (χ0) is 15.6. The fourth-order valence-electron chi connectivity index (χ4n) is 3.45. The van der Waals surface area contributed by atoms with E-state index in [2.05, 4.69) is 10.2 Å². The highest BCUT2D eigenvalue weighted by Crippen LogP contribution is 2.31. The zero-order valence-electron chi connectivity index (χ0n) is 13.6. The van der Waals surface area contributed by atoms with Gasteiger partial charge >= 0.3 is 5.97 Å². The Labute approximate surface area is 127 Å². The quantitative estimate of drug-likeness (QED) is 0.803. The van der Waals surface area contributed by atoms with Crippen LogP contribution in [0.25, 0.3) is 0 Å². The average molecular weight is 296 g/mol. The second-order valence-electron chi connectivity index (χ2n) is 7.41. The van der Waals surface area contributed by atoms with Crippen LogP contribution in [0.3, 0.4) is 0 Å². The van der Waals surface area contributed by atoms with E-state index >= 15 is 0 Å². The van der Waals surface area contributed by atoms with Gasteiger partial charge < -0.3 is 10.1 Å². The number of carbonyl (C=O) groups excluding carboxylic acids is 2. The molecule has 0 aromatic heterocycles. The van der Waals surface area contributed by atoms with Gasteiger partial charge in [-0.3, -0.25) is 9.69 Å². The Bertz CT molecular complexity index is 389. The molecule has 21 heavy (non-hydrogen) atoms. The molecule has 5 heteroatoms. The number of fused-ring (bicyclic) bond motifs is 1. The molecule has 3 atom stereocenters. The van der Waals surface area contributed by atoms with Gasteiger partial charge in [0, 0.05) is 12.6 Å². The molecule has 2 saturated heterocycles. The maximum Gasteiger partial charge on any atom is 0.328 e. The van der Waals surface area contributed by atoms with Crippen LogP contribution in [0.5, 0.6) is 0 Å². The molecule has 2 heterocycles. The summed E-state index contributed by atoms with van der Waals surface area (Å²) in [5, 5.41) is 2.92. The molecule has 5 nitrogen and oxygen atoms in total. The maximum atomic E-state index is 12.5. The van der Waals surface area contributed by atoms with Crippen molar-refractivity contribution in [2.24, 2.45) is 11.3 Å². The highest BCUT2D eigenvalue weighted by atomic mass is 16.5. The van der Waals surface area contributed by atoms with Crippen LogP contribution in [0, 0.1) is 11.3 Å². The van der Waals surface area contributed by atoms with Crippen molar-refractivity contribution in [2.75, 3.05) is 20.2 Å². The normalized spacial score (nSPS) is 27.8. The van der Waals surface area contributed by atoms with Crippen molar-refractivity contribution in [2.45, 2.75) is 58.5 Å². The minimum atomic E-state index is -0.590. The Morgan fingerprint density at radius 2 is 2.00 bits per heavy atom. The predicted octanol–water partition coefficient (Wildman–Crippen LogP) is 1.56. The highest BCUT2D eigenvalue weighted by Gasteiger charge is 2.40. The molecule has 1 amide bonds. The zero-order valence-corrected chi connectivity index (χ0v) is 13.6. The monoisotopic (exact) mass is 296 g/mol. The minimum Gasteiger partial charge on any atom is -0.467 e. The average Bonchev–Trinajstić information content (AvgIpc) is 2.86. The molecular weight excluding hydrogens is 268 g/mol. The first kappa shape index (κ1) is 16.3. The lowest BCUT2D eigenvalue weighted by molar-refractivity contribution is -0.148. The van der Waals surface area contributed by atoms with Crippen LogP contribution in [-0.2, 0) is 14.3 Å². The number of methoxy groups -OCH3 is 1. The Morgan fingerprint density at radius 3 is 2.57 bits per heavy atom. The van der Waals surface area contributed by atoms with E-state index in [4.69, 9.17) is 4.74 Å². The van der Waals surface area contributed by atoms with Crippen LogP contribution in [0.2, 0.25) is 0 Å². The van der Waals surface area contributed by atoms with Gasteiger partial charge in [0.2, 0.25) is 5.91 Å². The molecule has 120 valence electrons. The van der Waals surface area contributed by atoms with E-state index in [1.54, 1.807) is 0 Å². The summed E-state index contributed by atoms with van der Waals surface area (Å²) >= 11 is 0. The first-order valence-electron chi connectivity index (χ1n) is 7.95. The number of esters is 1. The van der Waals surface area contributed by atoms with Gasteiger partial charge in [-0.05, 0) is 31.2 Å². The van der Waals surface area contributed by atoms with Gasteiger partial charge in [-0.15, -0.1) is 0 Å². The first-order valence-corrected chi connectivity index (χ1v) is 7.95. The van der Waals surface area contributed by atoms with Gasteiger partial charge in [0.25, 0.3) is 0 Å². The maximum absolute atomic E-state index is 12.5. The van der Waals surface area contributed by atoms with Crippen molar-refractivity contribution in [3.05, 3.63) is 0 Å². The number of ether oxygens (including phenoxy) is 1. The number of hydrogen-bond donors (Lipinski definition) is 1. The molecule has 0 radical (unpaired) electrons. The molecule has 0 aliphatic carbocycles. The van der Waals surface area contributed by atoms with Gasteiger partial charge in [-0.1, -0.05) is 27.2 Å². The third-order valence-electron chi connectivity index (χ3n) is 4.72. The van der Waals surface area contributed by atoms with E-state index in [0.717, 1.165) is 19.5 Å². The number of carbonyl (C=O) groups is 2. The topological polar surface area (TPSA) is 58.6 Å². The molecule has 0 aromatic carbocycles. The van der Waals surface area contributed by atoms with Crippen LogP contribution in [0.15, 0.2) is 0 Å². The summed E-state index contributed by atoms with van der Waals surface area (Å²) in [5.74, 6) is -0.371. The Morgan fingerprint density at radius 1 is 1.29 bits per heavy atom. The Kier molecular flexibility index (Phi) is 4.91. The van der Waals surface area contributed by atoms with E-state index in [9.17, 15) is 9.59 Å². The lowest BCUT2D eigenvalue weighted by atomic mass is 9.86. The number of amides is 1. The summed E-state index contributed by atoms with van der Waals surface area (Å²) in [4.78, 5) is 26.9. The van der Waals surface area contributed by atoms with Crippen molar-refractivity contribution in [3.8, 4) is 0 Å². The number of hydrogen-bond acceptors (Lipinski definition) is 4. The summed E-state index contributed by atoms with van der Waals surface area (Å²) < 4.78 is 4.83. The van der Waals surface area contributed by atoms with Crippen molar-refractivity contribution >= 4 is 11.9 Å². The molecule has 0 saturated carbocycles. The summed E-state index contributed by atoms with van der Waals surface area (Å²) in [6, 6.07) is -0.0339. The van der Waals surface area contributed by atoms with Gasteiger partial charge in [0.1, 0.15) is 6.04 Å². The van der Waals surface area contributed by atoms with Crippen molar-refractivity contribution in [1.29, 1.82) is 0 Å². The van der Waals surface area contributed by atoms with E-state index in [0.29, 0.717) is 6.04 Å². The fraction of sp³-hybridized carbons (Fsp3) is 0.875. The second kappa shape index (κ2) is 6.34. The molecule has 2 fully saturated rings. The third kappa shape index (κ3) is 3.76. The lowest BCUT2D eigenvalue weighted by Crippen LogP contribution is -2.51. The van der Waals surface area contributed by atoms with Gasteiger partial charge in [-0.25, -0.2) is 4.79 Å². The van der Waals surface area contributed by atoms with E-state index in [1.807, 2.05) is 20.8 Å². The number of nitrogens with one attached hydrogen (secondary N) is 1. The molecule has 0 unspecified atom stereocenters. The van der Waals surface area contributed by atoms with Crippen LogP contribution in [0.4, 0.5) is 0 Å². The smallest absolute Gasteiger partial charge is 0.328 e.